The lowest BCUT2D eigenvalue weighted by atomic mass is 10.1. The van der Waals surface area contributed by atoms with Gasteiger partial charge in [-0.1, -0.05) is 12.1 Å². The largest absolute Gasteiger partial charge is 0.370 e. The van der Waals surface area contributed by atoms with Gasteiger partial charge in [-0.25, -0.2) is 9.38 Å². The fourth-order valence-corrected chi connectivity index (χ4v) is 3.42. The van der Waals surface area contributed by atoms with Gasteiger partial charge in [-0.05, 0) is 56.1 Å². The van der Waals surface area contributed by atoms with Crippen LogP contribution in [0.15, 0.2) is 53.5 Å². The van der Waals surface area contributed by atoms with Crippen LogP contribution in [-0.4, -0.2) is 75.0 Å². The van der Waals surface area contributed by atoms with Crippen molar-refractivity contribution in [2.75, 3.05) is 58.3 Å². The van der Waals surface area contributed by atoms with E-state index in [1.807, 2.05) is 37.2 Å². The normalized spacial score (nSPS) is 14.3. The third-order valence-corrected chi connectivity index (χ3v) is 5.25. The minimum absolute atomic E-state index is 0. The molecule has 0 saturated carbocycles. The van der Waals surface area contributed by atoms with Crippen molar-refractivity contribution in [2.24, 2.45) is 10.7 Å². The summed E-state index contributed by atoms with van der Waals surface area (Å²) in [4.78, 5) is 23.1. The number of nitrogens with one attached hydrogen (secondary N) is 1. The van der Waals surface area contributed by atoms with Crippen molar-refractivity contribution in [2.45, 2.75) is 6.54 Å². The first-order valence-corrected chi connectivity index (χ1v) is 10.5. The molecule has 1 heterocycles. The Morgan fingerprint density at radius 2 is 1.81 bits per heavy atom. The molecule has 3 N–H and O–H groups in total. The van der Waals surface area contributed by atoms with Crippen LogP contribution in [0.3, 0.4) is 0 Å². The van der Waals surface area contributed by atoms with Crippen molar-refractivity contribution in [3.63, 3.8) is 0 Å². The Labute approximate surface area is 206 Å². The lowest BCUT2D eigenvalue weighted by molar-refractivity contribution is 0.0951. The van der Waals surface area contributed by atoms with Crippen LogP contribution in [0.5, 0.6) is 0 Å². The number of likely N-dealkylation sites (N-methyl/N-ethyl adjacent to an activating group) is 1. The predicted octanol–water partition coefficient (Wildman–Crippen LogP) is 2.37. The van der Waals surface area contributed by atoms with E-state index in [2.05, 4.69) is 20.1 Å². The first-order valence-electron chi connectivity index (χ1n) is 10.5. The van der Waals surface area contributed by atoms with Gasteiger partial charge in [0.05, 0.1) is 6.54 Å². The molecule has 0 bridgehead atoms. The van der Waals surface area contributed by atoms with Gasteiger partial charge < -0.3 is 25.8 Å². The minimum atomic E-state index is -0.228. The van der Waals surface area contributed by atoms with Crippen LogP contribution >= 0.6 is 24.0 Å². The van der Waals surface area contributed by atoms with Gasteiger partial charge in [0.25, 0.3) is 5.91 Å². The molecule has 1 fully saturated rings. The molecule has 7 nitrogen and oxygen atoms in total. The summed E-state index contributed by atoms with van der Waals surface area (Å²) in [5.41, 5.74) is 8.79. The van der Waals surface area contributed by atoms with E-state index in [9.17, 15) is 9.18 Å². The molecular weight excluding hydrogens is 522 g/mol. The zero-order chi connectivity index (χ0) is 22.2. The van der Waals surface area contributed by atoms with Crippen molar-refractivity contribution < 1.29 is 9.18 Å². The first kappa shape index (κ1) is 25.9. The highest BCUT2D eigenvalue weighted by Gasteiger charge is 2.18. The Hall–Kier alpha value is -2.40. The highest BCUT2D eigenvalue weighted by Crippen LogP contribution is 2.17. The zero-order valence-corrected chi connectivity index (χ0v) is 21.0. The third kappa shape index (κ3) is 7.63. The number of hydrogen-bond acceptors (Lipinski definition) is 4. The Morgan fingerprint density at radius 1 is 1.12 bits per heavy atom. The molecule has 2 aromatic carbocycles. The van der Waals surface area contributed by atoms with E-state index in [0.717, 1.165) is 44.0 Å². The van der Waals surface area contributed by atoms with Crippen LogP contribution in [0.1, 0.15) is 15.9 Å². The molecule has 0 unspecified atom stereocenters. The molecule has 0 spiro atoms. The second-order valence-electron chi connectivity index (χ2n) is 7.88. The molecule has 0 radical (unpaired) electrons. The highest BCUT2D eigenvalue weighted by atomic mass is 127. The zero-order valence-electron chi connectivity index (χ0n) is 18.6. The highest BCUT2D eigenvalue weighted by molar-refractivity contribution is 14.0. The van der Waals surface area contributed by atoms with Crippen molar-refractivity contribution in [3.8, 4) is 0 Å². The minimum Gasteiger partial charge on any atom is -0.370 e. The van der Waals surface area contributed by atoms with Gasteiger partial charge in [0.1, 0.15) is 5.82 Å². The summed E-state index contributed by atoms with van der Waals surface area (Å²) in [6.45, 7) is 4.91. The van der Waals surface area contributed by atoms with Crippen LogP contribution < -0.4 is 16.0 Å². The van der Waals surface area contributed by atoms with Gasteiger partial charge in [0, 0.05) is 50.5 Å². The first-order chi connectivity index (χ1) is 14.9. The molecular formula is C23H32FIN6O. The van der Waals surface area contributed by atoms with Crippen molar-refractivity contribution >= 4 is 41.5 Å². The molecule has 9 heteroatoms. The monoisotopic (exact) mass is 554 g/mol. The van der Waals surface area contributed by atoms with Crippen LogP contribution in [0, 0.1) is 5.82 Å². The maximum atomic E-state index is 13.1. The van der Waals surface area contributed by atoms with Crippen molar-refractivity contribution in [3.05, 3.63) is 65.5 Å². The van der Waals surface area contributed by atoms with E-state index in [0.29, 0.717) is 24.6 Å². The maximum Gasteiger partial charge on any atom is 0.251 e. The molecule has 1 saturated heterocycles. The number of guanidine groups is 1. The number of carbonyl (C=O) groups is 1. The van der Waals surface area contributed by atoms with E-state index in [-0.39, 0.29) is 35.7 Å². The van der Waals surface area contributed by atoms with E-state index >= 15 is 0 Å². The number of rotatable bonds is 7. The van der Waals surface area contributed by atoms with Gasteiger partial charge in [0.2, 0.25) is 0 Å². The molecule has 2 aromatic rings. The fourth-order valence-electron chi connectivity index (χ4n) is 3.42. The molecule has 1 aliphatic rings. The van der Waals surface area contributed by atoms with Crippen LogP contribution in [0.2, 0.25) is 0 Å². The van der Waals surface area contributed by atoms with Gasteiger partial charge in [0.15, 0.2) is 5.96 Å². The van der Waals surface area contributed by atoms with Crippen LogP contribution in [-0.2, 0) is 6.54 Å². The molecule has 32 heavy (non-hydrogen) atoms. The van der Waals surface area contributed by atoms with Gasteiger partial charge in [-0.3, -0.25) is 4.79 Å². The van der Waals surface area contributed by atoms with E-state index in [1.165, 1.54) is 12.1 Å². The second kappa shape index (κ2) is 12.6. The second-order valence-corrected chi connectivity index (χ2v) is 7.88. The number of piperazine rings is 1. The summed E-state index contributed by atoms with van der Waals surface area (Å²) in [6, 6.07) is 14.0. The Balaban J connectivity index is 0.00000363. The van der Waals surface area contributed by atoms with E-state index in [4.69, 9.17) is 5.73 Å². The number of nitrogens with zero attached hydrogens (tertiary/aromatic N) is 4. The number of aliphatic imine (C=N–C) groups is 1. The topological polar surface area (TPSA) is 77.2 Å². The summed E-state index contributed by atoms with van der Waals surface area (Å²) in [7, 11) is 3.94. The number of halogens is 2. The van der Waals surface area contributed by atoms with Crippen LogP contribution in [0.25, 0.3) is 0 Å². The summed E-state index contributed by atoms with van der Waals surface area (Å²) in [6.07, 6.45) is 0. The summed E-state index contributed by atoms with van der Waals surface area (Å²) in [5.74, 6) is 0.186. The molecule has 0 aliphatic carbocycles. The number of nitrogens with two attached hydrogens (primary N) is 1. The quantitative estimate of drug-likeness (QED) is 0.313. The number of carbonyl (C=O) groups excluding carboxylic acids is 1. The summed E-state index contributed by atoms with van der Waals surface area (Å²) >= 11 is 0. The SMILES string of the molecule is CN(C)CCNC(=O)c1cccc(CN=C(N)N2CCN(c3ccc(F)cc3)CC2)c1.I. The van der Waals surface area contributed by atoms with Gasteiger partial charge in [-0.2, -0.15) is 0 Å². The lowest BCUT2D eigenvalue weighted by Gasteiger charge is -2.36. The van der Waals surface area contributed by atoms with Crippen molar-refractivity contribution in [1.82, 2.24) is 15.1 Å². The number of benzene rings is 2. The molecule has 0 aromatic heterocycles. The maximum absolute atomic E-state index is 13.1. The van der Waals surface area contributed by atoms with E-state index < -0.39 is 0 Å². The Morgan fingerprint density at radius 3 is 2.47 bits per heavy atom. The summed E-state index contributed by atoms with van der Waals surface area (Å²) < 4.78 is 13.1. The molecule has 1 amide bonds. The number of amides is 1. The van der Waals surface area contributed by atoms with Gasteiger partial charge in [-0.15, -0.1) is 24.0 Å². The molecule has 3 rings (SSSR count). The summed E-state index contributed by atoms with van der Waals surface area (Å²) in [5, 5.41) is 2.92. The lowest BCUT2D eigenvalue weighted by Crippen LogP contribution is -2.51. The Bertz CT molecular complexity index is 898. The van der Waals surface area contributed by atoms with Crippen LogP contribution in [0.4, 0.5) is 10.1 Å². The predicted molar refractivity (Wildman–Crippen MR) is 138 cm³/mol. The van der Waals surface area contributed by atoms with Crippen molar-refractivity contribution in [1.29, 1.82) is 0 Å². The molecule has 1 aliphatic heterocycles. The molecule has 0 atom stereocenters. The fraction of sp³-hybridized carbons (Fsp3) is 0.391. The third-order valence-electron chi connectivity index (χ3n) is 5.25. The number of hydrogen-bond donors (Lipinski definition) is 2. The Kier molecular flexibility index (Phi) is 10.2. The standard InChI is InChI=1S/C23H31FN6O.HI/c1-28(2)11-10-26-22(31)19-5-3-4-18(16-19)17-27-23(25)30-14-12-29(13-15-30)21-8-6-20(24)7-9-21;/h3-9,16H,10-15,17H2,1-2H3,(H2,25,27)(H,26,31);1H. The average Bonchev–Trinajstić information content (AvgIpc) is 2.78. The van der Waals surface area contributed by atoms with E-state index in [1.54, 1.807) is 18.2 Å². The number of anilines is 1. The molecule has 174 valence electrons. The smallest absolute Gasteiger partial charge is 0.251 e. The van der Waals surface area contributed by atoms with Gasteiger partial charge >= 0.3 is 0 Å². The average molecular weight is 554 g/mol.